The topological polar surface area (TPSA) is 87.0 Å². The number of phenols is 3. The highest BCUT2D eigenvalue weighted by Gasteiger charge is 2.08. The van der Waals surface area contributed by atoms with Crippen molar-refractivity contribution in [3.63, 3.8) is 0 Å². The second kappa shape index (κ2) is 7.61. The number of aryl methyl sites for hydroxylation is 1. The first-order valence-corrected chi connectivity index (χ1v) is 8.12. The minimum Gasteiger partial charge on any atom is -0.508 e. The molecule has 0 atom stereocenters. The van der Waals surface area contributed by atoms with E-state index in [1.54, 1.807) is 30.3 Å². The van der Waals surface area contributed by atoms with Crippen LogP contribution in [-0.4, -0.2) is 21.3 Å². The molecule has 0 bridgehead atoms. The normalized spacial score (nSPS) is 10.5. The summed E-state index contributed by atoms with van der Waals surface area (Å²) in [7, 11) is 0. The minimum absolute atomic E-state index is 0.157. The molecule has 26 heavy (non-hydrogen) atoms. The number of carbonyl (C=O) groups excluding carboxylic acids is 1. The van der Waals surface area contributed by atoms with E-state index in [4.69, 9.17) is 4.74 Å². The summed E-state index contributed by atoms with van der Waals surface area (Å²) in [5, 5.41) is 28.1. The number of hydrogen-bond donors (Lipinski definition) is 3. The standard InChI is InChI=1S/C21H18O5/c22-17-7-3-15(4-8-17)16-5-9-18(10-6-16)26-21(25)12-2-14-1-11-19(23)20(24)13-14/h1,3-11,13,22-24H,2,12H2. The minimum atomic E-state index is -0.380. The Morgan fingerprint density at radius 1 is 0.769 bits per heavy atom. The van der Waals surface area contributed by atoms with Crippen LogP contribution >= 0.6 is 0 Å². The van der Waals surface area contributed by atoms with E-state index in [1.807, 2.05) is 24.3 Å². The van der Waals surface area contributed by atoms with Gasteiger partial charge in [0.1, 0.15) is 11.5 Å². The highest BCUT2D eigenvalue weighted by Crippen LogP contribution is 2.26. The van der Waals surface area contributed by atoms with Crippen LogP contribution in [0.25, 0.3) is 11.1 Å². The predicted molar refractivity (Wildman–Crippen MR) is 97.3 cm³/mol. The van der Waals surface area contributed by atoms with E-state index in [0.717, 1.165) is 16.7 Å². The molecule has 0 fully saturated rings. The molecule has 0 unspecified atom stereocenters. The van der Waals surface area contributed by atoms with Crippen molar-refractivity contribution < 1.29 is 24.9 Å². The monoisotopic (exact) mass is 350 g/mol. The third-order valence-electron chi connectivity index (χ3n) is 3.94. The molecule has 0 heterocycles. The second-order valence-corrected chi connectivity index (χ2v) is 5.87. The number of aromatic hydroxyl groups is 3. The van der Waals surface area contributed by atoms with Crippen molar-refractivity contribution in [2.45, 2.75) is 12.8 Å². The van der Waals surface area contributed by atoms with Crippen molar-refractivity contribution in [3.8, 4) is 34.1 Å². The van der Waals surface area contributed by atoms with Crippen LogP contribution in [0.1, 0.15) is 12.0 Å². The summed E-state index contributed by atoms with van der Waals surface area (Å²) in [4.78, 5) is 12.0. The maximum atomic E-state index is 12.0. The number of rotatable bonds is 5. The van der Waals surface area contributed by atoms with Gasteiger partial charge in [-0.15, -0.1) is 0 Å². The van der Waals surface area contributed by atoms with E-state index in [2.05, 4.69) is 0 Å². The fraction of sp³-hybridized carbons (Fsp3) is 0.0952. The summed E-state index contributed by atoms with van der Waals surface area (Å²) in [5.41, 5.74) is 2.64. The molecule has 0 saturated carbocycles. The molecule has 3 aromatic carbocycles. The van der Waals surface area contributed by atoms with Crippen LogP contribution in [0.4, 0.5) is 0 Å². The molecule has 0 radical (unpaired) electrons. The van der Waals surface area contributed by atoms with E-state index < -0.39 is 0 Å². The van der Waals surface area contributed by atoms with E-state index >= 15 is 0 Å². The van der Waals surface area contributed by atoms with Crippen molar-refractivity contribution in [1.29, 1.82) is 0 Å². The average molecular weight is 350 g/mol. The zero-order valence-electron chi connectivity index (χ0n) is 13.9. The Bertz CT molecular complexity index is 899. The molecule has 5 nitrogen and oxygen atoms in total. The second-order valence-electron chi connectivity index (χ2n) is 5.87. The van der Waals surface area contributed by atoms with Crippen molar-refractivity contribution in [1.82, 2.24) is 0 Å². The maximum absolute atomic E-state index is 12.0. The quantitative estimate of drug-likeness (QED) is 0.368. The SMILES string of the molecule is O=C(CCc1ccc(O)c(O)c1)Oc1ccc(-c2ccc(O)cc2)cc1. The molecule has 0 amide bonds. The van der Waals surface area contributed by atoms with Gasteiger partial charge in [0.2, 0.25) is 0 Å². The lowest BCUT2D eigenvalue weighted by atomic mass is 10.1. The van der Waals surface area contributed by atoms with Crippen molar-refractivity contribution in [3.05, 3.63) is 72.3 Å². The van der Waals surface area contributed by atoms with Crippen LogP contribution in [0.5, 0.6) is 23.0 Å². The molecule has 3 rings (SSSR count). The van der Waals surface area contributed by atoms with E-state index in [0.29, 0.717) is 12.2 Å². The van der Waals surface area contributed by atoms with Crippen LogP contribution < -0.4 is 4.74 Å². The molecule has 0 aliphatic rings. The Labute approximate surface area is 150 Å². The largest absolute Gasteiger partial charge is 0.508 e. The van der Waals surface area contributed by atoms with Gasteiger partial charge < -0.3 is 20.1 Å². The number of esters is 1. The van der Waals surface area contributed by atoms with Gasteiger partial charge in [-0.3, -0.25) is 4.79 Å². The molecular formula is C21H18O5. The first-order chi connectivity index (χ1) is 12.5. The van der Waals surface area contributed by atoms with Gasteiger partial charge >= 0.3 is 5.97 Å². The van der Waals surface area contributed by atoms with Crippen LogP contribution in [0.2, 0.25) is 0 Å². The lowest BCUT2D eigenvalue weighted by Crippen LogP contribution is -2.08. The van der Waals surface area contributed by atoms with Crippen LogP contribution in [0, 0.1) is 0 Å². The highest BCUT2D eigenvalue weighted by molar-refractivity contribution is 5.73. The van der Waals surface area contributed by atoms with Gasteiger partial charge in [0.15, 0.2) is 11.5 Å². The fourth-order valence-corrected chi connectivity index (χ4v) is 2.52. The van der Waals surface area contributed by atoms with E-state index in [1.165, 1.54) is 12.1 Å². The van der Waals surface area contributed by atoms with Gasteiger partial charge in [0.25, 0.3) is 0 Å². The first kappa shape index (κ1) is 17.4. The summed E-state index contributed by atoms with van der Waals surface area (Å²) in [5.74, 6) is -0.118. The molecule has 0 spiro atoms. The Morgan fingerprint density at radius 2 is 1.38 bits per heavy atom. The predicted octanol–water partition coefficient (Wildman–Crippen LogP) is 4.01. The summed E-state index contributed by atoms with van der Waals surface area (Å²) in [6.07, 6.45) is 0.558. The highest BCUT2D eigenvalue weighted by atomic mass is 16.5. The molecule has 5 heteroatoms. The van der Waals surface area contributed by atoms with Gasteiger partial charge in [0, 0.05) is 6.42 Å². The zero-order valence-corrected chi connectivity index (χ0v) is 13.9. The lowest BCUT2D eigenvalue weighted by Gasteiger charge is -2.07. The van der Waals surface area contributed by atoms with Crippen LogP contribution in [-0.2, 0) is 11.2 Å². The number of hydrogen-bond acceptors (Lipinski definition) is 5. The summed E-state index contributed by atoms with van der Waals surface area (Å²) < 4.78 is 5.31. The van der Waals surface area contributed by atoms with Crippen molar-refractivity contribution >= 4 is 5.97 Å². The summed E-state index contributed by atoms with van der Waals surface area (Å²) in [6, 6.07) is 18.4. The van der Waals surface area contributed by atoms with Crippen LogP contribution in [0.15, 0.2) is 66.7 Å². The molecular weight excluding hydrogens is 332 g/mol. The number of ether oxygens (including phenoxy) is 1. The average Bonchev–Trinajstić information content (AvgIpc) is 2.64. The van der Waals surface area contributed by atoms with Gasteiger partial charge in [-0.05, 0) is 59.5 Å². The van der Waals surface area contributed by atoms with Gasteiger partial charge in [-0.25, -0.2) is 0 Å². The zero-order chi connectivity index (χ0) is 18.5. The summed E-state index contributed by atoms with van der Waals surface area (Å²) >= 11 is 0. The molecule has 0 aromatic heterocycles. The first-order valence-electron chi connectivity index (χ1n) is 8.12. The van der Waals surface area contributed by atoms with Gasteiger partial charge in [0.05, 0.1) is 0 Å². The molecule has 0 aliphatic carbocycles. The maximum Gasteiger partial charge on any atom is 0.311 e. The Balaban J connectivity index is 1.57. The third kappa shape index (κ3) is 4.33. The summed E-state index contributed by atoms with van der Waals surface area (Å²) in [6.45, 7) is 0. The molecule has 3 N–H and O–H groups in total. The number of phenolic OH excluding ortho intramolecular Hbond substituents is 3. The number of carbonyl (C=O) groups is 1. The molecule has 132 valence electrons. The number of benzene rings is 3. The smallest absolute Gasteiger partial charge is 0.311 e. The molecule has 3 aromatic rings. The van der Waals surface area contributed by atoms with Gasteiger partial charge in [-0.1, -0.05) is 30.3 Å². The van der Waals surface area contributed by atoms with E-state index in [-0.39, 0.29) is 29.6 Å². The van der Waals surface area contributed by atoms with Gasteiger partial charge in [-0.2, -0.15) is 0 Å². The third-order valence-corrected chi connectivity index (χ3v) is 3.94. The Kier molecular flexibility index (Phi) is 5.08. The lowest BCUT2D eigenvalue weighted by molar-refractivity contribution is -0.134. The van der Waals surface area contributed by atoms with Crippen molar-refractivity contribution in [2.75, 3.05) is 0 Å². The van der Waals surface area contributed by atoms with Crippen molar-refractivity contribution in [2.24, 2.45) is 0 Å². The molecule has 0 aliphatic heterocycles. The molecule has 0 saturated heterocycles. The van der Waals surface area contributed by atoms with Crippen LogP contribution in [0.3, 0.4) is 0 Å². The van der Waals surface area contributed by atoms with E-state index in [9.17, 15) is 20.1 Å². The fourth-order valence-electron chi connectivity index (χ4n) is 2.52. The Morgan fingerprint density at radius 3 is 2.00 bits per heavy atom. The Hall–Kier alpha value is -3.47.